The first-order valence-corrected chi connectivity index (χ1v) is 8.81. The summed E-state index contributed by atoms with van der Waals surface area (Å²) in [5.74, 6) is -0.360. The van der Waals surface area contributed by atoms with Gasteiger partial charge in [-0.1, -0.05) is 52.4 Å². The lowest BCUT2D eigenvalue weighted by molar-refractivity contribution is -0.115. The zero-order chi connectivity index (χ0) is 17.7. The Morgan fingerprint density at radius 1 is 1.29 bits per heavy atom. The van der Waals surface area contributed by atoms with Crippen LogP contribution in [-0.2, 0) is 4.79 Å². The molecule has 0 atom stereocenters. The van der Waals surface area contributed by atoms with E-state index in [1.165, 1.54) is 0 Å². The molecule has 2 rings (SSSR count). The number of carbonyl (C=O) groups excluding carboxylic acids is 1. The molecular formula is C12H9Cl2F3N4OS2. The molecule has 130 valence electrons. The van der Waals surface area contributed by atoms with Crippen LogP contribution in [0.4, 0.5) is 24.0 Å². The van der Waals surface area contributed by atoms with Gasteiger partial charge in [-0.05, 0) is 12.1 Å². The van der Waals surface area contributed by atoms with E-state index in [0.717, 1.165) is 23.1 Å². The van der Waals surface area contributed by atoms with E-state index in [1.54, 1.807) is 18.2 Å². The van der Waals surface area contributed by atoms with Gasteiger partial charge in [0.05, 0.1) is 21.5 Å². The van der Waals surface area contributed by atoms with Gasteiger partial charge in [-0.25, -0.2) is 0 Å². The third-order valence-electron chi connectivity index (χ3n) is 2.40. The van der Waals surface area contributed by atoms with Crippen molar-refractivity contribution < 1.29 is 18.0 Å². The van der Waals surface area contributed by atoms with Crippen molar-refractivity contribution in [3.63, 3.8) is 0 Å². The molecular weight excluding hydrogens is 408 g/mol. The van der Waals surface area contributed by atoms with E-state index in [2.05, 4.69) is 20.8 Å². The molecule has 0 saturated carbocycles. The fraction of sp³-hybridized carbons (Fsp3) is 0.250. The molecule has 1 amide bonds. The van der Waals surface area contributed by atoms with Gasteiger partial charge in [0.1, 0.15) is 6.54 Å². The van der Waals surface area contributed by atoms with Gasteiger partial charge in [0.25, 0.3) is 0 Å². The summed E-state index contributed by atoms with van der Waals surface area (Å²) in [5.41, 5.74) is 0.375. The van der Waals surface area contributed by atoms with Crippen LogP contribution in [0.3, 0.4) is 0 Å². The number of hydrogen-bond acceptors (Lipinski definition) is 6. The third-order valence-corrected chi connectivity index (χ3v) is 5.23. The number of anilines is 2. The van der Waals surface area contributed by atoms with E-state index < -0.39 is 12.7 Å². The number of carbonyl (C=O) groups is 1. The second kappa shape index (κ2) is 8.24. The Hall–Kier alpha value is -1.23. The van der Waals surface area contributed by atoms with Crippen molar-refractivity contribution in [2.75, 3.05) is 22.9 Å². The molecule has 2 N–H and O–H groups in total. The first-order chi connectivity index (χ1) is 11.2. The predicted molar refractivity (Wildman–Crippen MR) is 90.3 cm³/mol. The lowest BCUT2D eigenvalue weighted by atomic mass is 10.3. The summed E-state index contributed by atoms with van der Waals surface area (Å²) in [7, 11) is 0. The SMILES string of the molecule is O=C(CSc1nnc(NCC(F)(F)F)s1)Nc1cccc(Cl)c1Cl. The standard InChI is InChI=1S/C12H9Cl2F3N4OS2/c13-6-2-1-3-7(9(6)14)19-8(22)4-23-11-21-20-10(24-11)18-5-12(15,16)17/h1-3H,4-5H2,(H,18,20)(H,19,22). The van der Waals surface area contributed by atoms with Crippen molar-refractivity contribution in [3.05, 3.63) is 28.2 Å². The Morgan fingerprint density at radius 2 is 2.04 bits per heavy atom. The fourth-order valence-corrected chi connectivity index (χ4v) is 3.32. The average molecular weight is 417 g/mol. The van der Waals surface area contributed by atoms with Gasteiger partial charge in [-0.2, -0.15) is 13.2 Å². The van der Waals surface area contributed by atoms with Crippen LogP contribution in [0.25, 0.3) is 0 Å². The number of nitrogens with zero attached hydrogens (tertiary/aromatic N) is 2. The van der Waals surface area contributed by atoms with Crippen LogP contribution < -0.4 is 10.6 Å². The first-order valence-electron chi connectivity index (χ1n) is 6.25. The largest absolute Gasteiger partial charge is 0.405 e. The highest BCUT2D eigenvalue weighted by Crippen LogP contribution is 2.30. The van der Waals surface area contributed by atoms with E-state index in [4.69, 9.17) is 23.2 Å². The zero-order valence-corrected chi connectivity index (χ0v) is 14.8. The van der Waals surface area contributed by atoms with Gasteiger partial charge in [-0.15, -0.1) is 10.2 Å². The second-order valence-corrected chi connectivity index (χ2v) is 7.27. The Labute approximate surface area is 152 Å². The summed E-state index contributed by atoms with van der Waals surface area (Å²) in [6.07, 6.45) is -4.34. The molecule has 1 heterocycles. The Balaban J connectivity index is 1.84. The number of rotatable bonds is 6. The van der Waals surface area contributed by atoms with Crippen LogP contribution in [0.2, 0.25) is 10.0 Å². The van der Waals surface area contributed by atoms with E-state index in [-0.39, 0.29) is 21.8 Å². The molecule has 0 unspecified atom stereocenters. The quantitative estimate of drug-likeness (QED) is 0.676. The molecule has 0 aliphatic rings. The number of nitrogens with one attached hydrogen (secondary N) is 2. The van der Waals surface area contributed by atoms with Gasteiger partial charge < -0.3 is 10.6 Å². The topological polar surface area (TPSA) is 66.9 Å². The fourth-order valence-electron chi connectivity index (χ4n) is 1.43. The van der Waals surface area contributed by atoms with Gasteiger partial charge in [-0.3, -0.25) is 4.79 Å². The number of halogens is 5. The van der Waals surface area contributed by atoms with E-state index in [0.29, 0.717) is 15.0 Å². The highest BCUT2D eigenvalue weighted by Gasteiger charge is 2.27. The minimum Gasteiger partial charge on any atom is -0.351 e. The average Bonchev–Trinajstić information content (AvgIpc) is 2.95. The molecule has 1 aromatic heterocycles. The van der Waals surface area contributed by atoms with Crippen molar-refractivity contribution in [3.8, 4) is 0 Å². The van der Waals surface area contributed by atoms with Gasteiger partial charge in [0.15, 0.2) is 4.34 Å². The summed E-state index contributed by atoms with van der Waals surface area (Å²) in [5, 5.41) is 12.6. The van der Waals surface area contributed by atoms with Crippen molar-refractivity contribution in [1.29, 1.82) is 0 Å². The lowest BCUT2D eigenvalue weighted by Crippen LogP contribution is -2.21. The smallest absolute Gasteiger partial charge is 0.351 e. The molecule has 0 bridgehead atoms. The Kier molecular flexibility index (Phi) is 6.55. The molecule has 0 radical (unpaired) electrons. The minimum absolute atomic E-state index is 0.00323. The van der Waals surface area contributed by atoms with E-state index in [9.17, 15) is 18.0 Å². The van der Waals surface area contributed by atoms with Crippen LogP contribution in [0.15, 0.2) is 22.5 Å². The molecule has 0 saturated heterocycles. The monoisotopic (exact) mass is 416 g/mol. The maximum Gasteiger partial charge on any atom is 0.405 e. The molecule has 5 nitrogen and oxygen atoms in total. The molecule has 12 heteroatoms. The zero-order valence-electron chi connectivity index (χ0n) is 11.7. The maximum absolute atomic E-state index is 12.1. The maximum atomic E-state index is 12.1. The molecule has 24 heavy (non-hydrogen) atoms. The number of hydrogen-bond donors (Lipinski definition) is 2. The predicted octanol–water partition coefficient (Wildman–Crippen LogP) is 4.55. The van der Waals surface area contributed by atoms with Gasteiger partial charge in [0, 0.05) is 0 Å². The van der Waals surface area contributed by atoms with Crippen LogP contribution in [0.1, 0.15) is 0 Å². The number of benzene rings is 1. The third kappa shape index (κ3) is 6.00. The highest BCUT2D eigenvalue weighted by atomic mass is 35.5. The number of thioether (sulfide) groups is 1. The molecule has 2 aromatic rings. The summed E-state index contributed by atoms with van der Waals surface area (Å²) in [6.45, 7) is -1.19. The highest BCUT2D eigenvalue weighted by molar-refractivity contribution is 8.01. The molecule has 0 fully saturated rings. The van der Waals surface area contributed by atoms with E-state index >= 15 is 0 Å². The van der Waals surface area contributed by atoms with Crippen molar-refractivity contribution in [2.24, 2.45) is 0 Å². The summed E-state index contributed by atoms with van der Waals surface area (Å²) in [4.78, 5) is 11.9. The Bertz CT molecular complexity index is 727. The van der Waals surface area contributed by atoms with Crippen molar-refractivity contribution >= 4 is 63.0 Å². The van der Waals surface area contributed by atoms with Crippen molar-refractivity contribution in [1.82, 2.24) is 10.2 Å². The van der Waals surface area contributed by atoms with Crippen LogP contribution in [0, 0.1) is 0 Å². The lowest BCUT2D eigenvalue weighted by Gasteiger charge is -2.07. The van der Waals surface area contributed by atoms with Crippen molar-refractivity contribution in [2.45, 2.75) is 10.5 Å². The second-order valence-electron chi connectivity index (χ2n) is 4.28. The first kappa shape index (κ1) is 19.1. The van der Waals surface area contributed by atoms with Gasteiger partial charge in [0.2, 0.25) is 11.0 Å². The summed E-state index contributed by atoms with van der Waals surface area (Å²) >= 11 is 13.8. The van der Waals surface area contributed by atoms with Gasteiger partial charge >= 0.3 is 6.18 Å². The summed E-state index contributed by atoms with van der Waals surface area (Å²) in [6, 6.07) is 4.83. The minimum atomic E-state index is -4.34. The number of aromatic nitrogens is 2. The number of amides is 1. The van der Waals surface area contributed by atoms with Crippen LogP contribution in [0.5, 0.6) is 0 Å². The van der Waals surface area contributed by atoms with E-state index in [1.807, 2.05) is 0 Å². The normalized spacial score (nSPS) is 11.4. The van der Waals surface area contributed by atoms with Crippen LogP contribution >= 0.6 is 46.3 Å². The molecule has 1 aromatic carbocycles. The van der Waals surface area contributed by atoms with Crippen LogP contribution in [-0.4, -0.2) is 34.6 Å². The number of alkyl halides is 3. The summed E-state index contributed by atoms with van der Waals surface area (Å²) < 4.78 is 36.6. The molecule has 0 aliphatic heterocycles. The molecule has 0 aliphatic carbocycles. The Morgan fingerprint density at radius 3 is 2.75 bits per heavy atom. The molecule has 0 spiro atoms.